The molecule has 6 heteroatoms. The van der Waals surface area contributed by atoms with Crippen molar-refractivity contribution in [2.75, 3.05) is 11.9 Å². The lowest BCUT2D eigenvalue weighted by molar-refractivity contribution is -0.123. The minimum Gasteiger partial charge on any atom is -0.454 e. The second kappa shape index (κ2) is 8.45. The van der Waals surface area contributed by atoms with E-state index in [0.29, 0.717) is 33.4 Å². The normalized spacial score (nSPS) is 11.2. The molecule has 1 heterocycles. The first-order chi connectivity index (χ1) is 14.1. The molecule has 3 aromatic rings. The summed E-state index contributed by atoms with van der Waals surface area (Å²) >= 11 is 0. The third-order valence-electron chi connectivity index (χ3n) is 4.54. The van der Waals surface area contributed by atoms with Gasteiger partial charge in [-0.3, -0.25) is 14.6 Å². The third kappa shape index (κ3) is 4.89. The standard InChI is InChI=1S/C24H24N2O4/c1-15-13-19(18-7-5-6-8-20(18)25-15)22(28)30-14-21(27)16-9-11-17(12-10-16)26-23(29)24(2,3)4/h5-13H,14H2,1-4H3,(H,26,29). The molecule has 1 N–H and O–H groups in total. The molecular weight excluding hydrogens is 380 g/mol. The monoisotopic (exact) mass is 404 g/mol. The summed E-state index contributed by atoms with van der Waals surface area (Å²) in [5.74, 6) is -1.01. The summed E-state index contributed by atoms with van der Waals surface area (Å²) in [6.07, 6.45) is 0. The molecule has 0 aliphatic heterocycles. The number of hydrogen-bond acceptors (Lipinski definition) is 5. The summed E-state index contributed by atoms with van der Waals surface area (Å²) in [5, 5.41) is 3.48. The van der Waals surface area contributed by atoms with E-state index in [1.54, 1.807) is 43.3 Å². The Bertz CT molecular complexity index is 1110. The Morgan fingerprint density at radius 3 is 2.33 bits per heavy atom. The molecule has 2 aromatic carbocycles. The number of Topliss-reactive ketones (excluding diaryl/α,β-unsaturated/α-hetero) is 1. The average Bonchev–Trinajstić information content (AvgIpc) is 2.71. The number of ether oxygens (including phenoxy) is 1. The molecule has 0 spiro atoms. The van der Waals surface area contributed by atoms with E-state index in [-0.39, 0.29) is 18.3 Å². The number of fused-ring (bicyclic) bond motifs is 1. The molecule has 1 aromatic heterocycles. The van der Waals surface area contributed by atoms with E-state index in [4.69, 9.17) is 4.74 Å². The fourth-order valence-corrected chi connectivity index (χ4v) is 2.83. The zero-order chi connectivity index (χ0) is 21.9. The maximum Gasteiger partial charge on any atom is 0.339 e. The lowest BCUT2D eigenvalue weighted by Gasteiger charge is -2.17. The number of rotatable bonds is 5. The maximum absolute atomic E-state index is 12.6. The molecule has 1 amide bonds. The molecule has 6 nitrogen and oxygen atoms in total. The lowest BCUT2D eigenvalue weighted by Crippen LogP contribution is -2.27. The number of carbonyl (C=O) groups is 3. The Morgan fingerprint density at radius 1 is 1.00 bits per heavy atom. The van der Waals surface area contributed by atoms with Crippen LogP contribution in [0.5, 0.6) is 0 Å². The molecule has 30 heavy (non-hydrogen) atoms. The van der Waals surface area contributed by atoms with Gasteiger partial charge in [0, 0.05) is 27.7 Å². The van der Waals surface area contributed by atoms with Gasteiger partial charge < -0.3 is 10.1 Å². The van der Waals surface area contributed by atoms with Crippen molar-refractivity contribution in [3.8, 4) is 0 Å². The fourth-order valence-electron chi connectivity index (χ4n) is 2.83. The number of nitrogens with zero attached hydrogens (tertiary/aromatic N) is 1. The Labute approximate surface area is 175 Å². The van der Waals surface area contributed by atoms with Gasteiger partial charge in [-0.05, 0) is 43.3 Å². The molecule has 0 aliphatic rings. The topological polar surface area (TPSA) is 85.4 Å². The highest BCUT2D eigenvalue weighted by atomic mass is 16.5. The van der Waals surface area contributed by atoms with Crippen molar-refractivity contribution < 1.29 is 19.1 Å². The van der Waals surface area contributed by atoms with E-state index in [9.17, 15) is 14.4 Å². The number of nitrogens with one attached hydrogen (secondary N) is 1. The van der Waals surface area contributed by atoms with Crippen molar-refractivity contribution in [1.82, 2.24) is 4.98 Å². The van der Waals surface area contributed by atoms with E-state index in [2.05, 4.69) is 10.3 Å². The number of carbonyl (C=O) groups excluding carboxylic acids is 3. The van der Waals surface area contributed by atoms with Crippen LogP contribution in [0.1, 0.15) is 47.2 Å². The van der Waals surface area contributed by atoms with Crippen LogP contribution < -0.4 is 5.32 Å². The first kappa shape index (κ1) is 21.2. The van der Waals surface area contributed by atoms with Gasteiger partial charge in [0.25, 0.3) is 0 Å². The number of para-hydroxylation sites is 1. The van der Waals surface area contributed by atoms with Crippen LogP contribution in [0.25, 0.3) is 10.9 Å². The smallest absolute Gasteiger partial charge is 0.339 e. The van der Waals surface area contributed by atoms with Gasteiger partial charge in [0.05, 0.1) is 11.1 Å². The van der Waals surface area contributed by atoms with Crippen LogP contribution in [0.15, 0.2) is 54.6 Å². The van der Waals surface area contributed by atoms with Crippen LogP contribution in [0.4, 0.5) is 5.69 Å². The number of benzene rings is 2. The first-order valence-electron chi connectivity index (χ1n) is 9.63. The molecule has 0 fully saturated rings. The van der Waals surface area contributed by atoms with Gasteiger partial charge in [0.1, 0.15) is 0 Å². The minimum absolute atomic E-state index is 0.115. The van der Waals surface area contributed by atoms with Gasteiger partial charge in [0.15, 0.2) is 12.4 Å². The molecule has 0 saturated carbocycles. The van der Waals surface area contributed by atoms with Gasteiger partial charge in [-0.2, -0.15) is 0 Å². The third-order valence-corrected chi connectivity index (χ3v) is 4.54. The van der Waals surface area contributed by atoms with Gasteiger partial charge in [-0.1, -0.05) is 39.0 Å². The van der Waals surface area contributed by atoms with Crippen LogP contribution in [0, 0.1) is 12.3 Å². The summed E-state index contributed by atoms with van der Waals surface area (Å²) in [6.45, 7) is 6.89. The molecule has 0 bridgehead atoms. The number of anilines is 1. The second-order valence-corrected chi connectivity index (χ2v) is 8.11. The number of aromatic nitrogens is 1. The van der Waals surface area contributed by atoms with Gasteiger partial charge in [0.2, 0.25) is 5.91 Å². The van der Waals surface area contributed by atoms with Gasteiger partial charge in [-0.25, -0.2) is 4.79 Å². The number of ketones is 1. The number of hydrogen-bond donors (Lipinski definition) is 1. The van der Waals surface area contributed by atoms with E-state index in [1.165, 1.54) is 0 Å². The Morgan fingerprint density at radius 2 is 1.67 bits per heavy atom. The van der Waals surface area contributed by atoms with E-state index in [1.807, 2.05) is 39.0 Å². The summed E-state index contributed by atoms with van der Waals surface area (Å²) in [4.78, 5) is 41.4. The van der Waals surface area contributed by atoms with Crippen LogP contribution in [0.3, 0.4) is 0 Å². The highest BCUT2D eigenvalue weighted by molar-refractivity contribution is 6.05. The zero-order valence-electron chi connectivity index (χ0n) is 17.5. The molecule has 154 valence electrons. The number of pyridine rings is 1. The largest absolute Gasteiger partial charge is 0.454 e. The zero-order valence-corrected chi connectivity index (χ0v) is 17.5. The van der Waals surface area contributed by atoms with Gasteiger partial charge in [-0.15, -0.1) is 0 Å². The minimum atomic E-state index is -0.570. The highest BCUT2D eigenvalue weighted by Crippen LogP contribution is 2.20. The maximum atomic E-state index is 12.6. The molecule has 3 rings (SSSR count). The predicted molar refractivity (Wildman–Crippen MR) is 116 cm³/mol. The Kier molecular flexibility index (Phi) is 5.96. The molecular formula is C24H24N2O4. The molecule has 0 unspecified atom stereocenters. The van der Waals surface area contributed by atoms with Crippen molar-refractivity contribution in [2.24, 2.45) is 5.41 Å². The summed E-state index contributed by atoms with van der Waals surface area (Å²) in [5.41, 5.74) is 2.25. The van der Waals surface area contributed by atoms with E-state index < -0.39 is 11.4 Å². The number of esters is 1. The first-order valence-corrected chi connectivity index (χ1v) is 9.63. The van der Waals surface area contributed by atoms with E-state index in [0.717, 1.165) is 0 Å². The van der Waals surface area contributed by atoms with Crippen molar-refractivity contribution in [1.29, 1.82) is 0 Å². The van der Waals surface area contributed by atoms with Crippen LogP contribution in [-0.2, 0) is 9.53 Å². The summed E-state index contributed by atoms with van der Waals surface area (Å²) in [7, 11) is 0. The molecule has 0 atom stereocenters. The Hall–Kier alpha value is -3.54. The Balaban J connectivity index is 1.66. The van der Waals surface area contributed by atoms with Crippen molar-refractivity contribution in [3.05, 3.63) is 71.4 Å². The van der Waals surface area contributed by atoms with E-state index >= 15 is 0 Å². The summed E-state index contributed by atoms with van der Waals surface area (Å²) < 4.78 is 5.26. The predicted octanol–water partition coefficient (Wildman–Crippen LogP) is 4.57. The number of amides is 1. The van der Waals surface area contributed by atoms with Crippen molar-refractivity contribution in [3.63, 3.8) is 0 Å². The average molecular weight is 404 g/mol. The molecule has 0 radical (unpaired) electrons. The van der Waals surface area contributed by atoms with Crippen molar-refractivity contribution in [2.45, 2.75) is 27.7 Å². The quantitative estimate of drug-likeness (QED) is 0.497. The van der Waals surface area contributed by atoms with Gasteiger partial charge >= 0.3 is 5.97 Å². The highest BCUT2D eigenvalue weighted by Gasteiger charge is 2.21. The molecule has 0 aliphatic carbocycles. The fraction of sp³-hybridized carbons (Fsp3) is 0.250. The molecule has 0 saturated heterocycles. The summed E-state index contributed by atoms with van der Waals surface area (Å²) in [6, 6.07) is 15.4. The second-order valence-electron chi connectivity index (χ2n) is 8.11. The van der Waals surface area contributed by atoms with Crippen LogP contribution >= 0.6 is 0 Å². The van der Waals surface area contributed by atoms with Crippen LogP contribution in [-0.4, -0.2) is 29.3 Å². The van der Waals surface area contributed by atoms with Crippen LogP contribution in [0.2, 0.25) is 0 Å². The number of aryl methyl sites for hydroxylation is 1. The SMILES string of the molecule is Cc1cc(C(=O)OCC(=O)c2ccc(NC(=O)C(C)(C)C)cc2)c2ccccc2n1. The lowest BCUT2D eigenvalue weighted by atomic mass is 9.95. The van der Waals surface area contributed by atoms with Crippen molar-refractivity contribution >= 4 is 34.3 Å².